The van der Waals surface area contributed by atoms with E-state index in [1.807, 2.05) is 83.7 Å². The maximum atomic E-state index is 13.4. The normalized spacial score (nSPS) is 18.0. The lowest BCUT2D eigenvalue weighted by Crippen LogP contribution is -2.32. The van der Waals surface area contributed by atoms with Gasteiger partial charge in [-0.25, -0.2) is 4.98 Å². The number of imidazole rings is 1. The summed E-state index contributed by atoms with van der Waals surface area (Å²) in [6, 6.07) is 19.3. The molecule has 5 rings (SSSR count). The molecule has 166 valence electrons. The number of anilines is 2. The third-order valence-corrected chi connectivity index (χ3v) is 6.87. The second-order valence-corrected chi connectivity index (χ2v) is 9.27. The quantitative estimate of drug-likeness (QED) is 0.442. The van der Waals surface area contributed by atoms with E-state index in [2.05, 4.69) is 10.3 Å². The third-order valence-electron chi connectivity index (χ3n) is 5.92. The third kappa shape index (κ3) is 4.45. The molecule has 2 aromatic carbocycles. The summed E-state index contributed by atoms with van der Waals surface area (Å²) in [5.41, 5.74) is 3.73. The number of nitrogens with zero attached hydrogens (tertiary/aromatic N) is 3. The molecule has 1 N–H and O–H groups in total. The van der Waals surface area contributed by atoms with Crippen molar-refractivity contribution in [2.75, 3.05) is 10.2 Å². The molecule has 1 fully saturated rings. The molecule has 33 heavy (non-hydrogen) atoms. The van der Waals surface area contributed by atoms with Gasteiger partial charge in [-0.1, -0.05) is 35.9 Å². The van der Waals surface area contributed by atoms with Crippen LogP contribution in [0.5, 0.6) is 0 Å². The maximum Gasteiger partial charge on any atom is 0.230 e. The first kappa shape index (κ1) is 21.2. The smallest absolute Gasteiger partial charge is 0.230 e. The first-order chi connectivity index (χ1) is 16.1. The van der Waals surface area contributed by atoms with Crippen molar-refractivity contribution in [2.45, 2.75) is 25.9 Å². The van der Waals surface area contributed by atoms with Gasteiger partial charge in [-0.2, -0.15) is 0 Å². The SMILES string of the molecule is Cc1ccc(N2C(=O)C[C@@H](C(=O)Nc3cccc(Cn4ccnc4)c3)[C@@H]2c2cccs2)cc1. The Balaban J connectivity index is 1.40. The molecule has 1 aliphatic heterocycles. The molecule has 7 heteroatoms. The van der Waals surface area contributed by atoms with E-state index in [9.17, 15) is 9.59 Å². The highest BCUT2D eigenvalue weighted by molar-refractivity contribution is 7.10. The van der Waals surface area contributed by atoms with Crippen molar-refractivity contribution in [2.24, 2.45) is 5.92 Å². The van der Waals surface area contributed by atoms with Crippen LogP contribution < -0.4 is 10.2 Å². The van der Waals surface area contributed by atoms with Crippen molar-refractivity contribution >= 4 is 34.5 Å². The van der Waals surface area contributed by atoms with E-state index in [1.165, 1.54) is 0 Å². The van der Waals surface area contributed by atoms with Crippen LogP contribution in [0, 0.1) is 12.8 Å². The lowest BCUT2D eigenvalue weighted by Gasteiger charge is -2.27. The van der Waals surface area contributed by atoms with Gasteiger partial charge in [-0.3, -0.25) is 9.59 Å². The first-order valence-electron chi connectivity index (χ1n) is 10.9. The van der Waals surface area contributed by atoms with Gasteiger partial charge in [0.2, 0.25) is 11.8 Å². The Morgan fingerprint density at radius 1 is 1.15 bits per heavy atom. The minimum Gasteiger partial charge on any atom is -0.333 e. The van der Waals surface area contributed by atoms with Gasteiger partial charge in [-0.05, 0) is 48.2 Å². The number of hydrogen-bond donors (Lipinski definition) is 1. The van der Waals surface area contributed by atoms with Crippen LogP contribution in [-0.4, -0.2) is 21.4 Å². The Kier molecular flexibility index (Phi) is 5.79. The summed E-state index contributed by atoms with van der Waals surface area (Å²) in [5.74, 6) is -0.655. The van der Waals surface area contributed by atoms with Crippen LogP contribution in [0.3, 0.4) is 0 Å². The van der Waals surface area contributed by atoms with Crippen LogP contribution in [0.2, 0.25) is 0 Å². The van der Waals surface area contributed by atoms with Crippen LogP contribution >= 0.6 is 11.3 Å². The summed E-state index contributed by atoms with van der Waals surface area (Å²) in [6.07, 6.45) is 5.59. The lowest BCUT2D eigenvalue weighted by molar-refractivity contribution is -0.122. The lowest BCUT2D eigenvalue weighted by atomic mass is 9.97. The zero-order chi connectivity index (χ0) is 22.8. The molecule has 2 aromatic heterocycles. The van der Waals surface area contributed by atoms with Gasteiger partial charge in [-0.15, -0.1) is 11.3 Å². The van der Waals surface area contributed by atoms with Crippen molar-refractivity contribution in [3.63, 3.8) is 0 Å². The van der Waals surface area contributed by atoms with E-state index >= 15 is 0 Å². The van der Waals surface area contributed by atoms with Gasteiger partial charge in [0.1, 0.15) is 0 Å². The number of thiophene rings is 1. The Labute approximate surface area is 196 Å². The van der Waals surface area contributed by atoms with E-state index < -0.39 is 5.92 Å². The summed E-state index contributed by atoms with van der Waals surface area (Å²) in [7, 11) is 0. The number of benzene rings is 2. The largest absolute Gasteiger partial charge is 0.333 e. The summed E-state index contributed by atoms with van der Waals surface area (Å²) in [6.45, 7) is 2.69. The maximum absolute atomic E-state index is 13.4. The monoisotopic (exact) mass is 456 g/mol. The summed E-state index contributed by atoms with van der Waals surface area (Å²) in [5, 5.41) is 5.05. The highest BCUT2D eigenvalue weighted by Gasteiger charge is 2.45. The Hall–Kier alpha value is -3.71. The van der Waals surface area contributed by atoms with Crippen molar-refractivity contribution in [1.82, 2.24) is 9.55 Å². The van der Waals surface area contributed by atoms with E-state index in [0.29, 0.717) is 6.54 Å². The summed E-state index contributed by atoms with van der Waals surface area (Å²) >= 11 is 1.57. The van der Waals surface area contributed by atoms with Crippen LogP contribution in [0.1, 0.15) is 28.5 Å². The van der Waals surface area contributed by atoms with Crippen LogP contribution in [0.4, 0.5) is 11.4 Å². The Morgan fingerprint density at radius 3 is 2.73 bits per heavy atom. The molecule has 1 saturated heterocycles. The first-order valence-corrected chi connectivity index (χ1v) is 11.7. The molecule has 2 amide bonds. The molecule has 3 heterocycles. The second-order valence-electron chi connectivity index (χ2n) is 8.29. The van der Waals surface area contributed by atoms with Gasteiger partial charge >= 0.3 is 0 Å². The topological polar surface area (TPSA) is 67.2 Å². The summed E-state index contributed by atoms with van der Waals surface area (Å²) in [4.78, 5) is 33.4. The molecule has 0 aliphatic carbocycles. The number of aromatic nitrogens is 2. The number of rotatable bonds is 6. The van der Waals surface area contributed by atoms with E-state index in [-0.39, 0.29) is 24.3 Å². The molecule has 0 bridgehead atoms. The number of carbonyl (C=O) groups is 2. The van der Waals surface area contributed by atoms with Gasteiger partial charge < -0.3 is 14.8 Å². The van der Waals surface area contributed by atoms with Crippen LogP contribution in [0.25, 0.3) is 0 Å². The van der Waals surface area contributed by atoms with E-state index in [1.54, 1.807) is 28.8 Å². The molecular weight excluding hydrogens is 432 g/mol. The molecule has 0 unspecified atom stereocenters. The fourth-order valence-corrected chi connectivity index (χ4v) is 5.22. The standard InChI is InChI=1S/C26H24N4O2S/c1-18-7-9-21(10-8-18)30-24(31)15-22(25(30)23-6-3-13-33-23)26(32)28-20-5-2-4-19(14-20)16-29-12-11-27-17-29/h2-14,17,22,25H,15-16H2,1H3,(H,28,32)/t22-,25-/m1/s1. The number of nitrogens with one attached hydrogen (secondary N) is 1. The Bertz CT molecular complexity index is 1250. The van der Waals surface area contributed by atoms with Crippen molar-refractivity contribution in [3.05, 3.63) is 101 Å². The van der Waals surface area contributed by atoms with Crippen molar-refractivity contribution in [3.8, 4) is 0 Å². The number of carbonyl (C=O) groups excluding carboxylic acids is 2. The average molecular weight is 457 g/mol. The molecule has 0 radical (unpaired) electrons. The van der Waals surface area contributed by atoms with E-state index in [0.717, 1.165) is 27.4 Å². The van der Waals surface area contributed by atoms with Gasteiger partial charge in [0, 0.05) is 41.6 Å². The zero-order valence-electron chi connectivity index (χ0n) is 18.2. The molecule has 4 aromatic rings. The Morgan fingerprint density at radius 2 is 2.00 bits per heavy atom. The molecule has 1 aliphatic rings. The summed E-state index contributed by atoms with van der Waals surface area (Å²) < 4.78 is 1.98. The molecule has 0 spiro atoms. The molecule has 0 saturated carbocycles. The number of hydrogen-bond acceptors (Lipinski definition) is 4. The fourth-order valence-electron chi connectivity index (χ4n) is 4.34. The van der Waals surface area contributed by atoms with Gasteiger partial charge in [0.15, 0.2) is 0 Å². The average Bonchev–Trinajstić information content (AvgIpc) is 3.56. The number of aryl methyl sites for hydroxylation is 1. The van der Waals surface area contributed by atoms with E-state index in [4.69, 9.17) is 0 Å². The minimum atomic E-state index is -0.477. The molecule has 6 nitrogen and oxygen atoms in total. The van der Waals surface area contributed by atoms with Crippen molar-refractivity contribution in [1.29, 1.82) is 0 Å². The van der Waals surface area contributed by atoms with Crippen molar-refractivity contribution < 1.29 is 9.59 Å². The predicted molar refractivity (Wildman–Crippen MR) is 130 cm³/mol. The molecular formula is C26H24N4O2S. The second kappa shape index (κ2) is 9.03. The van der Waals surface area contributed by atoms with Crippen LogP contribution in [-0.2, 0) is 16.1 Å². The predicted octanol–water partition coefficient (Wildman–Crippen LogP) is 5.03. The van der Waals surface area contributed by atoms with Gasteiger partial charge in [0.05, 0.1) is 18.3 Å². The highest BCUT2D eigenvalue weighted by atomic mass is 32.1. The minimum absolute atomic E-state index is 0.0359. The highest BCUT2D eigenvalue weighted by Crippen LogP contribution is 2.43. The fraction of sp³-hybridized carbons (Fsp3) is 0.192. The zero-order valence-corrected chi connectivity index (χ0v) is 19.0. The van der Waals surface area contributed by atoms with Gasteiger partial charge in [0.25, 0.3) is 0 Å². The van der Waals surface area contributed by atoms with Crippen LogP contribution in [0.15, 0.2) is 84.8 Å². The number of amides is 2. The molecule has 2 atom stereocenters.